The topological polar surface area (TPSA) is 24.5 Å². The van der Waals surface area contributed by atoms with E-state index in [-0.39, 0.29) is 0 Å². The lowest BCUT2D eigenvalue weighted by molar-refractivity contribution is 0.198. The minimum Gasteiger partial charge on any atom is -0.313 e. The fourth-order valence-electron chi connectivity index (χ4n) is 0.595. The van der Waals surface area contributed by atoms with E-state index in [0.717, 1.165) is 19.0 Å². The van der Waals surface area contributed by atoms with Gasteiger partial charge in [-0.1, -0.05) is 12.2 Å². The van der Waals surface area contributed by atoms with E-state index in [0.29, 0.717) is 4.32 Å². The first-order valence-corrected chi connectivity index (χ1v) is 4.54. The molecule has 0 saturated carbocycles. The largest absolute Gasteiger partial charge is 0.313 e. The highest BCUT2D eigenvalue weighted by Crippen LogP contribution is 2.09. The highest BCUT2D eigenvalue weighted by molar-refractivity contribution is 8.11. The van der Waals surface area contributed by atoms with Crippen molar-refractivity contribution in [1.82, 2.24) is 10.4 Å². The molecule has 1 rings (SSSR count). The summed E-state index contributed by atoms with van der Waals surface area (Å²) in [7, 11) is 0. The Kier molecular flexibility index (Phi) is 3.79. The smallest absolute Gasteiger partial charge is 0.145 e. The van der Waals surface area contributed by atoms with E-state index in [1.165, 1.54) is 12.0 Å². The maximum absolute atomic E-state index is 5.05. The molecule has 10 heavy (non-hydrogen) atoms. The summed E-state index contributed by atoms with van der Waals surface area (Å²) in [6, 6.07) is 0. The molecule has 0 bridgehead atoms. The lowest BCUT2D eigenvalue weighted by Crippen LogP contribution is -2.43. The van der Waals surface area contributed by atoms with Crippen molar-refractivity contribution in [2.24, 2.45) is 0 Å². The Morgan fingerprint density at radius 1 is 1.80 bits per heavy atom. The van der Waals surface area contributed by atoms with Crippen LogP contribution < -0.4 is 5.43 Å². The summed E-state index contributed by atoms with van der Waals surface area (Å²) < 4.78 is 5.55. The van der Waals surface area contributed by atoms with Crippen LogP contribution in [0.4, 0.5) is 0 Å². The van der Waals surface area contributed by atoms with E-state index in [4.69, 9.17) is 16.4 Å². The summed E-state index contributed by atoms with van der Waals surface area (Å²) in [5, 5.41) is 1.96. The second kappa shape index (κ2) is 4.40. The molecule has 0 radical (unpaired) electrons. The molecule has 1 saturated heterocycles. The minimum atomic E-state index is 0.502. The van der Waals surface area contributed by atoms with E-state index in [2.05, 4.69) is 18.1 Å². The van der Waals surface area contributed by atoms with Crippen molar-refractivity contribution in [2.45, 2.75) is 0 Å². The third kappa shape index (κ3) is 3.07. The van der Waals surface area contributed by atoms with Crippen molar-refractivity contribution in [1.29, 1.82) is 0 Å². The molecule has 0 aromatic rings. The van der Waals surface area contributed by atoms with Crippen molar-refractivity contribution in [3.8, 4) is 0 Å². The van der Waals surface area contributed by atoms with Gasteiger partial charge in [0, 0.05) is 18.6 Å². The van der Waals surface area contributed by atoms with Crippen molar-refractivity contribution in [2.75, 3.05) is 19.0 Å². The highest BCUT2D eigenvalue weighted by Gasteiger charge is 2.09. The van der Waals surface area contributed by atoms with Crippen molar-refractivity contribution in [3.63, 3.8) is 0 Å². The monoisotopic (exact) mass is 196 g/mol. The van der Waals surface area contributed by atoms with Crippen LogP contribution >= 0.6 is 36.9 Å². The third-order valence-corrected chi connectivity index (χ3v) is 1.93. The van der Waals surface area contributed by atoms with Gasteiger partial charge in [-0.2, -0.15) is 0 Å². The molecule has 0 atom stereocenters. The molecule has 0 unspecified atom stereocenters. The van der Waals surface area contributed by atoms with Crippen molar-refractivity contribution >= 4 is 41.2 Å². The Bertz CT molecular complexity index is 126. The van der Waals surface area contributed by atoms with Crippen molar-refractivity contribution < 1.29 is 4.18 Å². The third-order valence-electron chi connectivity index (χ3n) is 0.990. The molecule has 1 N–H and O–H groups in total. The van der Waals surface area contributed by atoms with Gasteiger partial charge in [0.15, 0.2) is 0 Å². The predicted octanol–water partition coefficient (Wildman–Crippen LogP) is 0.644. The molecular formula is C4H8N2OS3. The summed E-state index contributed by atoms with van der Waals surface area (Å²) in [5.74, 6) is 0.792. The number of hydrazine groups is 1. The maximum atomic E-state index is 5.05. The lowest BCUT2D eigenvalue weighted by atomic mass is 10.7. The number of nitrogens with zero attached hydrogens (tertiary/aromatic N) is 1. The molecule has 0 aromatic carbocycles. The summed E-state index contributed by atoms with van der Waals surface area (Å²) in [4.78, 5) is 0. The fraction of sp³-hybridized carbons (Fsp3) is 0.750. The van der Waals surface area contributed by atoms with Gasteiger partial charge in [0.05, 0.1) is 12.5 Å². The fourth-order valence-corrected chi connectivity index (χ4v) is 1.45. The highest BCUT2D eigenvalue weighted by atomic mass is 32.2. The van der Waals surface area contributed by atoms with Gasteiger partial charge in [-0.3, -0.25) is 0 Å². The van der Waals surface area contributed by atoms with Crippen LogP contribution in [0, 0.1) is 0 Å². The van der Waals surface area contributed by atoms with Gasteiger partial charge in [-0.15, -0.1) is 12.6 Å². The molecule has 0 amide bonds. The Morgan fingerprint density at radius 2 is 2.60 bits per heavy atom. The van der Waals surface area contributed by atoms with Crippen LogP contribution in [0.15, 0.2) is 0 Å². The summed E-state index contributed by atoms with van der Waals surface area (Å²) in [5.41, 5.74) is 2.91. The van der Waals surface area contributed by atoms with Gasteiger partial charge < -0.3 is 9.61 Å². The molecule has 1 heterocycles. The molecule has 1 aliphatic heterocycles. The van der Waals surface area contributed by atoms with Crippen LogP contribution in [-0.4, -0.2) is 28.4 Å². The van der Waals surface area contributed by atoms with Gasteiger partial charge in [0.1, 0.15) is 4.32 Å². The van der Waals surface area contributed by atoms with Crippen LogP contribution in [0.25, 0.3) is 0 Å². The normalized spacial score (nSPS) is 20.5. The van der Waals surface area contributed by atoms with Crippen LogP contribution in [-0.2, 0) is 4.18 Å². The zero-order valence-electron chi connectivity index (χ0n) is 5.24. The second-order valence-electron chi connectivity index (χ2n) is 1.75. The number of thiol groups is 1. The number of rotatable bonds is 1. The second-order valence-corrected chi connectivity index (χ2v) is 3.64. The lowest BCUT2D eigenvalue weighted by Gasteiger charge is -2.25. The van der Waals surface area contributed by atoms with Crippen LogP contribution in [0.5, 0.6) is 0 Å². The van der Waals surface area contributed by atoms with Crippen LogP contribution in [0.2, 0.25) is 0 Å². The number of nitrogens with one attached hydrogen (secondary N) is 1. The van der Waals surface area contributed by atoms with Gasteiger partial charge in [0.25, 0.3) is 0 Å². The van der Waals surface area contributed by atoms with E-state index in [9.17, 15) is 0 Å². The Balaban J connectivity index is 2.19. The maximum Gasteiger partial charge on any atom is 0.145 e. The summed E-state index contributed by atoms with van der Waals surface area (Å²) in [6.07, 6.45) is 0. The zero-order valence-corrected chi connectivity index (χ0v) is 7.77. The SMILES string of the molecule is S=C(S)NN1CCOSC1. The average molecular weight is 196 g/mol. The van der Waals surface area contributed by atoms with Gasteiger partial charge in [0.2, 0.25) is 0 Å². The van der Waals surface area contributed by atoms with Gasteiger partial charge >= 0.3 is 0 Å². The Labute approximate surface area is 75.1 Å². The number of hydrogen-bond acceptors (Lipinski definition) is 4. The van der Waals surface area contributed by atoms with E-state index in [1.807, 2.05) is 5.01 Å². The standard InChI is InChI=1S/C4H8N2OS3/c8-4(9)5-6-1-2-7-10-3-6/h1-3H2,(H2,5,8,9). The van der Waals surface area contributed by atoms with Gasteiger partial charge in [-0.05, 0) is 0 Å². The Hall–Kier alpha value is 0.510. The molecule has 0 aliphatic carbocycles. The van der Waals surface area contributed by atoms with Crippen LogP contribution in [0.1, 0.15) is 0 Å². The minimum absolute atomic E-state index is 0.502. The van der Waals surface area contributed by atoms with Crippen molar-refractivity contribution in [3.05, 3.63) is 0 Å². The zero-order chi connectivity index (χ0) is 7.40. The van der Waals surface area contributed by atoms with Gasteiger partial charge in [-0.25, -0.2) is 5.01 Å². The first-order valence-electron chi connectivity index (χ1n) is 2.78. The van der Waals surface area contributed by atoms with E-state index >= 15 is 0 Å². The average Bonchev–Trinajstić information content (AvgIpc) is 1.88. The van der Waals surface area contributed by atoms with Crippen LogP contribution in [0.3, 0.4) is 0 Å². The number of thiocarbonyl (C=S) groups is 1. The quantitative estimate of drug-likeness (QED) is 0.364. The molecule has 0 spiro atoms. The molecule has 58 valence electrons. The van der Waals surface area contributed by atoms with E-state index in [1.54, 1.807) is 0 Å². The molecule has 6 heteroatoms. The summed E-state index contributed by atoms with van der Waals surface area (Å²) in [6.45, 7) is 1.59. The first-order chi connectivity index (χ1) is 4.79. The molecule has 1 aliphatic rings. The predicted molar refractivity (Wildman–Crippen MR) is 49.8 cm³/mol. The first kappa shape index (κ1) is 8.61. The summed E-state index contributed by atoms with van der Waals surface area (Å²) >= 11 is 10.1. The molecular weight excluding hydrogens is 188 g/mol. The molecule has 1 fully saturated rings. The number of hydrogen-bond donors (Lipinski definition) is 2. The van der Waals surface area contributed by atoms with E-state index < -0.39 is 0 Å². The Morgan fingerprint density at radius 3 is 3.10 bits per heavy atom. The molecule has 0 aromatic heterocycles. The molecule has 3 nitrogen and oxygen atoms in total.